The van der Waals surface area contributed by atoms with Crippen molar-refractivity contribution in [2.75, 3.05) is 40.6 Å². The van der Waals surface area contributed by atoms with Crippen molar-refractivity contribution in [1.82, 2.24) is 0 Å². The molecule has 0 aliphatic rings. The second-order valence-electron chi connectivity index (χ2n) is 5.41. The molecule has 0 fully saturated rings. The fourth-order valence-electron chi connectivity index (χ4n) is 2.06. The molecule has 0 unspecified atom stereocenters. The highest BCUT2D eigenvalue weighted by molar-refractivity contribution is 5.92. The lowest BCUT2D eigenvalue weighted by molar-refractivity contribution is 0.0388. The zero-order valence-electron chi connectivity index (χ0n) is 15.3. The first-order valence-electron chi connectivity index (χ1n) is 8.34. The van der Waals surface area contributed by atoms with Gasteiger partial charge in [0, 0.05) is 14.2 Å². The molecule has 2 aromatic carbocycles. The van der Waals surface area contributed by atoms with Gasteiger partial charge in [0.25, 0.3) is 0 Å². The molecular weight excluding hydrogens is 352 g/mol. The van der Waals surface area contributed by atoms with Gasteiger partial charge in [0.05, 0.1) is 24.3 Å². The predicted molar refractivity (Wildman–Crippen MR) is 97.4 cm³/mol. The van der Waals surface area contributed by atoms with Crippen molar-refractivity contribution in [3.63, 3.8) is 0 Å². The molecule has 0 spiro atoms. The van der Waals surface area contributed by atoms with Crippen molar-refractivity contribution >= 4 is 11.9 Å². The SMILES string of the molecule is COCCOC(=O)c1ccc(OC(=O)c2ccc(OCCOC)cc2)cc1. The molecule has 0 aromatic heterocycles. The van der Waals surface area contributed by atoms with Gasteiger partial charge in [-0.3, -0.25) is 0 Å². The standard InChI is InChI=1S/C20H22O7/c1-23-11-13-25-17-7-3-16(4-8-17)20(22)27-18-9-5-15(6-10-18)19(21)26-14-12-24-2/h3-10H,11-14H2,1-2H3. The fraction of sp³-hybridized carbons (Fsp3) is 0.300. The van der Waals surface area contributed by atoms with Gasteiger partial charge >= 0.3 is 11.9 Å². The molecule has 0 aliphatic heterocycles. The number of esters is 2. The van der Waals surface area contributed by atoms with Gasteiger partial charge < -0.3 is 23.7 Å². The normalized spacial score (nSPS) is 10.3. The van der Waals surface area contributed by atoms with Gasteiger partial charge in [-0.1, -0.05) is 0 Å². The predicted octanol–water partition coefficient (Wildman–Crippen LogP) is 2.73. The summed E-state index contributed by atoms with van der Waals surface area (Å²) in [6, 6.07) is 12.7. The molecule has 0 atom stereocenters. The van der Waals surface area contributed by atoms with E-state index in [0.29, 0.717) is 42.4 Å². The van der Waals surface area contributed by atoms with Gasteiger partial charge in [-0.05, 0) is 48.5 Å². The number of carbonyl (C=O) groups excluding carboxylic acids is 2. The van der Waals surface area contributed by atoms with E-state index in [1.54, 1.807) is 31.4 Å². The minimum atomic E-state index is -0.506. The molecule has 2 rings (SSSR count). The topological polar surface area (TPSA) is 80.3 Å². The first kappa shape index (κ1) is 20.4. The van der Waals surface area contributed by atoms with E-state index in [9.17, 15) is 9.59 Å². The van der Waals surface area contributed by atoms with Crippen LogP contribution in [0.15, 0.2) is 48.5 Å². The lowest BCUT2D eigenvalue weighted by atomic mass is 10.2. The lowest BCUT2D eigenvalue weighted by Gasteiger charge is -2.08. The third-order valence-corrected chi connectivity index (χ3v) is 3.47. The van der Waals surface area contributed by atoms with E-state index in [1.807, 2.05) is 0 Å². The van der Waals surface area contributed by atoms with Crippen LogP contribution in [0.4, 0.5) is 0 Å². The molecule has 7 nitrogen and oxygen atoms in total. The molecule has 0 N–H and O–H groups in total. The summed E-state index contributed by atoms with van der Waals surface area (Å²) in [6.07, 6.45) is 0. The number of rotatable bonds is 10. The van der Waals surface area contributed by atoms with Crippen molar-refractivity contribution < 1.29 is 33.3 Å². The second-order valence-corrected chi connectivity index (χ2v) is 5.41. The number of benzene rings is 2. The quantitative estimate of drug-likeness (QED) is 0.359. The summed E-state index contributed by atoms with van der Waals surface area (Å²) in [4.78, 5) is 24.0. The number of hydrogen-bond acceptors (Lipinski definition) is 7. The molecule has 0 bridgehead atoms. The maximum absolute atomic E-state index is 12.2. The smallest absolute Gasteiger partial charge is 0.343 e. The third-order valence-electron chi connectivity index (χ3n) is 3.47. The second kappa shape index (κ2) is 10.9. The largest absolute Gasteiger partial charge is 0.491 e. The lowest BCUT2D eigenvalue weighted by Crippen LogP contribution is -2.11. The molecule has 144 valence electrons. The van der Waals surface area contributed by atoms with Crippen LogP contribution in [-0.2, 0) is 14.2 Å². The Labute approximate surface area is 157 Å². The van der Waals surface area contributed by atoms with Crippen LogP contribution in [0, 0.1) is 0 Å². The van der Waals surface area contributed by atoms with Gasteiger partial charge in [-0.2, -0.15) is 0 Å². The number of ether oxygens (including phenoxy) is 5. The van der Waals surface area contributed by atoms with E-state index in [0.717, 1.165) is 0 Å². The average Bonchev–Trinajstić information content (AvgIpc) is 2.69. The van der Waals surface area contributed by atoms with Gasteiger partial charge in [0.1, 0.15) is 24.7 Å². The Morgan fingerprint density at radius 3 is 1.78 bits per heavy atom. The van der Waals surface area contributed by atoms with Crippen molar-refractivity contribution in [3.05, 3.63) is 59.7 Å². The maximum Gasteiger partial charge on any atom is 0.343 e. The van der Waals surface area contributed by atoms with Gasteiger partial charge in [0.2, 0.25) is 0 Å². The minimum Gasteiger partial charge on any atom is -0.491 e. The molecule has 27 heavy (non-hydrogen) atoms. The highest BCUT2D eigenvalue weighted by Gasteiger charge is 2.11. The Morgan fingerprint density at radius 1 is 0.667 bits per heavy atom. The molecule has 0 heterocycles. The van der Waals surface area contributed by atoms with Crippen molar-refractivity contribution in [3.8, 4) is 11.5 Å². The Hall–Kier alpha value is -2.90. The van der Waals surface area contributed by atoms with Crippen LogP contribution in [0.3, 0.4) is 0 Å². The Bertz CT molecular complexity index is 723. The van der Waals surface area contributed by atoms with Crippen LogP contribution in [0.2, 0.25) is 0 Å². The molecule has 0 amide bonds. The summed E-state index contributed by atoms with van der Waals surface area (Å²) < 4.78 is 25.5. The van der Waals surface area contributed by atoms with E-state index >= 15 is 0 Å². The summed E-state index contributed by atoms with van der Waals surface area (Å²) in [6.45, 7) is 1.43. The fourth-order valence-corrected chi connectivity index (χ4v) is 2.06. The van der Waals surface area contributed by atoms with Crippen LogP contribution in [0.25, 0.3) is 0 Å². The van der Waals surface area contributed by atoms with E-state index in [2.05, 4.69) is 0 Å². The minimum absolute atomic E-state index is 0.178. The first-order valence-corrected chi connectivity index (χ1v) is 8.34. The summed E-state index contributed by atoms with van der Waals surface area (Å²) >= 11 is 0. The third kappa shape index (κ3) is 6.73. The highest BCUT2D eigenvalue weighted by atomic mass is 16.6. The molecule has 0 saturated carbocycles. The molecule has 7 heteroatoms. The van der Waals surface area contributed by atoms with Crippen LogP contribution in [-0.4, -0.2) is 52.6 Å². The molecule has 0 aliphatic carbocycles. The van der Waals surface area contributed by atoms with Crippen molar-refractivity contribution in [1.29, 1.82) is 0 Å². The molecule has 0 radical (unpaired) electrons. The summed E-state index contributed by atoms with van der Waals surface area (Å²) in [5.41, 5.74) is 0.751. The Morgan fingerprint density at radius 2 is 1.19 bits per heavy atom. The zero-order chi connectivity index (χ0) is 19.5. The van der Waals surface area contributed by atoms with E-state index in [4.69, 9.17) is 23.7 Å². The monoisotopic (exact) mass is 374 g/mol. The number of hydrogen-bond donors (Lipinski definition) is 0. The van der Waals surface area contributed by atoms with Gasteiger partial charge in [-0.15, -0.1) is 0 Å². The van der Waals surface area contributed by atoms with Gasteiger partial charge in [-0.25, -0.2) is 9.59 Å². The van der Waals surface area contributed by atoms with Crippen LogP contribution >= 0.6 is 0 Å². The zero-order valence-corrected chi connectivity index (χ0v) is 15.3. The number of carbonyl (C=O) groups is 2. The van der Waals surface area contributed by atoms with Crippen LogP contribution < -0.4 is 9.47 Å². The Balaban J connectivity index is 1.88. The molecule has 2 aromatic rings. The first-order chi connectivity index (χ1) is 13.1. The summed E-state index contributed by atoms with van der Waals surface area (Å²) in [7, 11) is 3.12. The highest BCUT2D eigenvalue weighted by Crippen LogP contribution is 2.17. The molecule has 0 saturated heterocycles. The van der Waals surface area contributed by atoms with Crippen LogP contribution in [0.5, 0.6) is 11.5 Å². The van der Waals surface area contributed by atoms with E-state index in [-0.39, 0.29) is 6.61 Å². The average molecular weight is 374 g/mol. The maximum atomic E-state index is 12.2. The number of methoxy groups -OCH3 is 2. The van der Waals surface area contributed by atoms with Gasteiger partial charge in [0.15, 0.2) is 0 Å². The van der Waals surface area contributed by atoms with E-state index in [1.165, 1.54) is 31.4 Å². The van der Waals surface area contributed by atoms with Crippen molar-refractivity contribution in [2.24, 2.45) is 0 Å². The summed E-state index contributed by atoms with van der Waals surface area (Å²) in [5.74, 6) is -0.00310. The summed E-state index contributed by atoms with van der Waals surface area (Å²) in [5, 5.41) is 0. The van der Waals surface area contributed by atoms with E-state index < -0.39 is 11.9 Å². The van der Waals surface area contributed by atoms with Crippen LogP contribution in [0.1, 0.15) is 20.7 Å². The molecular formula is C20H22O7. The van der Waals surface area contributed by atoms with Crippen molar-refractivity contribution in [2.45, 2.75) is 0 Å². The Kier molecular flexibility index (Phi) is 8.28.